The van der Waals surface area contributed by atoms with E-state index in [1.165, 1.54) is 4.57 Å². The van der Waals surface area contributed by atoms with Gasteiger partial charge < -0.3 is 25.7 Å². The number of nitrogens with two attached hydrogens (primary N) is 1. The first kappa shape index (κ1) is 23.7. The predicted octanol–water partition coefficient (Wildman–Crippen LogP) is 3.64. The number of hydrogen-bond acceptors (Lipinski definition) is 6. The van der Waals surface area contributed by atoms with E-state index in [4.69, 9.17) is 15.6 Å². The average molecular weight is 471 g/mol. The highest BCUT2D eigenvalue weighted by atomic mass is 16.5. The van der Waals surface area contributed by atoms with Crippen LogP contribution in [0.15, 0.2) is 77.9 Å². The number of rotatable bonds is 8. The largest absolute Gasteiger partial charge is 0.497 e. The number of aryl methyl sites for hydroxylation is 1. The van der Waals surface area contributed by atoms with Crippen LogP contribution in [0, 0.1) is 6.92 Å². The summed E-state index contributed by atoms with van der Waals surface area (Å²) < 4.78 is 8.59. The molecule has 0 bridgehead atoms. The van der Waals surface area contributed by atoms with Gasteiger partial charge in [-0.25, -0.2) is 4.68 Å². The minimum Gasteiger partial charge on any atom is -0.497 e. The van der Waals surface area contributed by atoms with Crippen molar-refractivity contribution in [1.82, 2.24) is 19.7 Å². The van der Waals surface area contributed by atoms with Crippen LogP contribution in [0.1, 0.15) is 16.7 Å². The van der Waals surface area contributed by atoms with Crippen LogP contribution in [-0.2, 0) is 13.6 Å². The maximum absolute atomic E-state index is 12.9. The predicted molar refractivity (Wildman–Crippen MR) is 141 cm³/mol. The second-order valence-electron chi connectivity index (χ2n) is 8.21. The summed E-state index contributed by atoms with van der Waals surface area (Å²) in [4.78, 5) is 12.9. The van der Waals surface area contributed by atoms with Gasteiger partial charge in [-0.15, -0.1) is 0 Å². The Morgan fingerprint density at radius 2 is 1.86 bits per heavy atom. The van der Waals surface area contributed by atoms with Crippen LogP contribution in [0.4, 0.5) is 5.82 Å². The van der Waals surface area contributed by atoms with Gasteiger partial charge in [-0.1, -0.05) is 30.3 Å². The first-order valence-corrected chi connectivity index (χ1v) is 11.3. The van der Waals surface area contributed by atoms with Gasteiger partial charge in [0.1, 0.15) is 11.6 Å². The second kappa shape index (κ2) is 10.2. The zero-order valence-electron chi connectivity index (χ0n) is 20.4. The Morgan fingerprint density at radius 1 is 1.14 bits per heavy atom. The van der Waals surface area contributed by atoms with E-state index in [1.54, 1.807) is 32.6 Å². The molecule has 0 saturated heterocycles. The smallest absolute Gasteiger partial charge is 0.259 e. The lowest BCUT2D eigenvalue weighted by Crippen LogP contribution is -2.23. The molecular weight excluding hydrogens is 440 g/mol. The number of pyridine rings is 1. The van der Waals surface area contributed by atoms with Gasteiger partial charge >= 0.3 is 0 Å². The Hall–Kier alpha value is -4.46. The summed E-state index contributed by atoms with van der Waals surface area (Å²) in [5.74, 6) is 1.68. The molecule has 4 rings (SSSR count). The normalized spacial score (nSPS) is 11.4. The summed E-state index contributed by atoms with van der Waals surface area (Å²) in [5, 5.41) is 11.3. The van der Waals surface area contributed by atoms with Crippen LogP contribution in [0.5, 0.6) is 5.75 Å². The summed E-state index contributed by atoms with van der Waals surface area (Å²) in [6.45, 7) is 2.57. The van der Waals surface area contributed by atoms with E-state index >= 15 is 0 Å². The van der Waals surface area contributed by atoms with E-state index in [1.807, 2.05) is 73.3 Å². The molecule has 0 aliphatic heterocycles. The first-order chi connectivity index (χ1) is 16.9. The number of nitrogens with one attached hydrogen (secondary N) is 2. The van der Waals surface area contributed by atoms with E-state index in [2.05, 4.69) is 10.6 Å². The maximum Gasteiger partial charge on any atom is 0.259 e. The topological polar surface area (TPSA) is 99.1 Å². The molecule has 0 radical (unpaired) electrons. The third-order valence-electron chi connectivity index (χ3n) is 5.85. The molecule has 2 aromatic carbocycles. The molecule has 0 spiro atoms. The van der Waals surface area contributed by atoms with Crippen molar-refractivity contribution < 1.29 is 4.74 Å². The Bertz CT molecular complexity index is 1400. The van der Waals surface area contributed by atoms with Crippen LogP contribution >= 0.6 is 0 Å². The van der Waals surface area contributed by atoms with Crippen molar-refractivity contribution in [1.29, 1.82) is 0 Å². The number of aromatic nitrogens is 3. The van der Waals surface area contributed by atoms with Crippen molar-refractivity contribution in [2.24, 2.45) is 12.8 Å². The first-order valence-electron chi connectivity index (χ1n) is 11.3. The zero-order valence-corrected chi connectivity index (χ0v) is 20.4. The molecule has 0 amide bonds. The monoisotopic (exact) mass is 470 g/mol. The number of nitrogens with zero attached hydrogens (tertiary/aromatic N) is 3. The van der Waals surface area contributed by atoms with E-state index < -0.39 is 0 Å². The number of benzene rings is 2. The quantitative estimate of drug-likeness (QED) is 0.364. The van der Waals surface area contributed by atoms with Gasteiger partial charge in [-0.2, -0.15) is 5.10 Å². The second-order valence-corrected chi connectivity index (χ2v) is 8.21. The fraction of sp³-hybridized carbons (Fsp3) is 0.185. The SMILES string of the molecule is CNc1c(C)c(-c2cc(/C(N)=C/NCc3ccc(OC)cc3)c(=O)n(C)c2)nn1-c1ccccc1. The van der Waals surface area contributed by atoms with Crippen molar-refractivity contribution in [2.75, 3.05) is 19.5 Å². The van der Waals surface area contributed by atoms with Crippen LogP contribution in [0.3, 0.4) is 0 Å². The van der Waals surface area contributed by atoms with Gasteiger partial charge in [0.2, 0.25) is 0 Å². The summed E-state index contributed by atoms with van der Waals surface area (Å²) in [6.07, 6.45) is 3.45. The van der Waals surface area contributed by atoms with Crippen molar-refractivity contribution in [3.05, 3.63) is 100 Å². The van der Waals surface area contributed by atoms with Crippen molar-refractivity contribution >= 4 is 11.5 Å². The summed E-state index contributed by atoms with van der Waals surface area (Å²) in [7, 11) is 5.23. The molecule has 4 aromatic rings. The fourth-order valence-electron chi connectivity index (χ4n) is 3.97. The van der Waals surface area contributed by atoms with Crippen LogP contribution in [0.25, 0.3) is 22.6 Å². The average Bonchev–Trinajstić information content (AvgIpc) is 3.22. The van der Waals surface area contributed by atoms with Gasteiger partial charge in [0.25, 0.3) is 5.56 Å². The minimum atomic E-state index is -0.178. The highest BCUT2D eigenvalue weighted by Gasteiger charge is 2.18. The maximum atomic E-state index is 12.9. The van der Waals surface area contributed by atoms with Crippen LogP contribution < -0.4 is 26.7 Å². The standard InChI is InChI=1S/C27H30N6O2/c1-18-25(31-33(26(18)29-2)21-8-6-5-7-9-21)20-14-23(27(34)32(3)17-20)24(28)16-30-15-19-10-12-22(35-4)13-11-19/h5-14,16-17,29-30H,15,28H2,1-4H3/b24-16-. The Morgan fingerprint density at radius 3 is 2.51 bits per heavy atom. The molecule has 4 N–H and O–H groups in total. The lowest BCUT2D eigenvalue weighted by Gasteiger charge is -2.09. The summed E-state index contributed by atoms with van der Waals surface area (Å²) in [5.41, 5.74) is 11.5. The molecule has 8 heteroatoms. The number of hydrogen-bond donors (Lipinski definition) is 3. The Labute approximate surface area is 204 Å². The van der Waals surface area contributed by atoms with E-state index in [-0.39, 0.29) is 5.56 Å². The van der Waals surface area contributed by atoms with E-state index in [9.17, 15) is 4.79 Å². The Kier molecular flexibility index (Phi) is 6.91. The van der Waals surface area contributed by atoms with Gasteiger partial charge in [0.15, 0.2) is 0 Å². The molecule has 2 heterocycles. The number of methoxy groups -OCH3 is 1. The summed E-state index contributed by atoms with van der Waals surface area (Å²) >= 11 is 0. The third kappa shape index (κ3) is 4.91. The number of para-hydroxylation sites is 1. The zero-order chi connectivity index (χ0) is 24.9. The molecule has 180 valence electrons. The molecule has 0 aliphatic carbocycles. The van der Waals surface area contributed by atoms with Crippen LogP contribution in [0.2, 0.25) is 0 Å². The number of anilines is 1. The molecule has 2 aromatic heterocycles. The Balaban J connectivity index is 1.66. The van der Waals surface area contributed by atoms with Crippen molar-refractivity contribution in [3.63, 3.8) is 0 Å². The highest BCUT2D eigenvalue weighted by Crippen LogP contribution is 2.30. The van der Waals surface area contributed by atoms with Crippen LogP contribution in [-0.4, -0.2) is 28.5 Å². The molecule has 0 saturated carbocycles. The van der Waals surface area contributed by atoms with Crippen molar-refractivity contribution in [2.45, 2.75) is 13.5 Å². The van der Waals surface area contributed by atoms with Gasteiger partial charge in [0.05, 0.1) is 29.8 Å². The third-order valence-corrected chi connectivity index (χ3v) is 5.85. The lowest BCUT2D eigenvalue weighted by atomic mass is 10.1. The lowest BCUT2D eigenvalue weighted by molar-refractivity contribution is 0.414. The van der Waals surface area contributed by atoms with Crippen molar-refractivity contribution in [3.8, 4) is 22.7 Å². The molecule has 0 aliphatic rings. The highest BCUT2D eigenvalue weighted by molar-refractivity contribution is 5.73. The van der Waals surface area contributed by atoms with Gasteiger partial charge in [-0.05, 0) is 42.8 Å². The van der Waals surface area contributed by atoms with Gasteiger partial charge in [0, 0.05) is 44.2 Å². The molecule has 35 heavy (non-hydrogen) atoms. The fourth-order valence-corrected chi connectivity index (χ4v) is 3.97. The molecular formula is C27H30N6O2. The number of ether oxygens (including phenoxy) is 1. The van der Waals surface area contributed by atoms with E-state index in [0.29, 0.717) is 17.8 Å². The molecule has 0 atom stereocenters. The molecule has 0 unspecified atom stereocenters. The van der Waals surface area contributed by atoms with Gasteiger partial charge in [-0.3, -0.25) is 4.79 Å². The molecule has 8 nitrogen and oxygen atoms in total. The molecule has 0 fully saturated rings. The summed E-state index contributed by atoms with van der Waals surface area (Å²) in [6, 6.07) is 19.5. The minimum absolute atomic E-state index is 0.178. The van der Waals surface area contributed by atoms with E-state index in [0.717, 1.165) is 39.6 Å².